The number of likely N-dealkylation sites (tertiary alicyclic amines) is 2. The summed E-state index contributed by atoms with van der Waals surface area (Å²) in [6.45, 7) is 27.1. The number of nitrogens with zero attached hydrogens (tertiary/aromatic N) is 7. The van der Waals surface area contributed by atoms with Gasteiger partial charge in [-0.1, -0.05) is 24.1 Å². The monoisotopic (exact) mass is 888 g/mol. The number of benzene rings is 2. The second-order valence-corrected chi connectivity index (χ2v) is 17.1. The van der Waals surface area contributed by atoms with Crippen LogP contribution in [0.1, 0.15) is 48.8 Å². The Bertz CT molecular complexity index is 1260. The van der Waals surface area contributed by atoms with E-state index >= 15 is 0 Å². The third-order valence-corrected chi connectivity index (χ3v) is 11.1. The molecular formula is C47H86F5N9O. The summed E-state index contributed by atoms with van der Waals surface area (Å²) in [4.78, 5) is 16.8. The average molecular weight is 888 g/mol. The minimum Gasteiger partial charge on any atom is -0.379 e. The van der Waals surface area contributed by atoms with Gasteiger partial charge in [0.25, 0.3) is 0 Å². The summed E-state index contributed by atoms with van der Waals surface area (Å²) in [7, 11) is 14.9. The first kappa shape index (κ1) is 57.7. The van der Waals surface area contributed by atoms with Gasteiger partial charge in [0.1, 0.15) is 11.6 Å². The van der Waals surface area contributed by atoms with Gasteiger partial charge in [-0.3, -0.25) is 9.80 Å². The molecule has 0 spiro atoms. The first-order valence-electron chi connectivity index (χ1n) is 22.8. The van der Waals surface area contributed by atoms with Gasteiger partial charge in [-0.15, -0.1) is 0 Å². The molecule has 0 bridgehead atoms. The summed E-state index contributed by atoms with van der Waals surface area (Å²) in [6.07, 6.45) is 2.89. The standard InChI is InChI=1S/C8H7F3.C8H19N3.C7H6F2.C7H16N2O.C6H14N2.C6H13N.C5H11N/c1-6-2-4-7(5-3-6)8(9,10)11;1-9-3-4-11-7-5-10(2)6-8-11;1-5-2-6(8)4-7(9)3-5;1-8-2-3-9-4-6-10-7-5-9;1-7-3-5-8(2)6-4-7;1-7-5-3-2-4-6-7;1-6-4-2-3-5-6/h2-5H,1H3;9H,3-8H2,1-2H3;2-4H,1H3;8H,2-7H2,1H3;3-6H2,1-2H3;2-6H2,1H3;2-5H2,1H3. The fourth-order valence-corrected chi connectivity index (χ4v) is 6.70. The first-order valence-corrected chi connectivity index (χ1v) is 22.8. The van der Waals surface area contributed by atoms with Crippen LogP contribution in [0.3, 0.4) is 0 Å². The van der Waals surface area contributed by atoms with E-state index in [9.17, 15) is 22.0 Å². The number of aryl methyl sites for hydroxylation is 2. The average Bonchev–Trinajstić information content (AvgIpc) is 3.73. The molecule has 0 atom stereocenters. The molecule has 0 aliphatic carbocycles. The van der Waals surface area contributed by atoms with Gasteiger partial charge < -0.3 is 39.9 Å². The minimum atomic E-state index is -4.21. The van der Waals surface area contributed by atoms with Crippen molar-refractivity contribution in [3.8, 4) is 0 Å². The summed E-state index contributed by atoms with van der Waals surface area (Å²) in [5.74, 6) is -1.04. The zero-order valence-corrected chi connectivity index (χ0v) is 40.1. The van der Waals surface area contributed by atoms with Crippen molar-refractivity contribution in [3.05, 3.63) is 70.8 Å². The number of rotatable bonds is 6. The third-order valence-electron chi connectivity index (χ3n) is 11.1. The predicted molar refractivity (Wildman–Crippen MR) is 249 cm³/mol. The number of piperazine rings is 2. The van der Waals surface area contributed by atoms with E-state index in [1.54, 1.807) is 13.8 Å². The SMILES string of the molecule is CN1CCCC1.CN1CCCCC1.CN1CCN(C)CC1.CNCCN1CCN(C)CC1.CNCCN1CCOCC1.Cc1cc(F)cc(F)c1.Cc1ccc(C(F)(F)F)cc1. The number of nitrogens with one attached hydrogen (secondary N) is 2. The van der Waals surface area contributed by atoms with Gasteiger partial charge in [-0.25, -0.2) is 8.78 Å². The number of hydrogen-bond acceptors (Lipinski definition) is 10. The molecule has 360 valence electrons. The number of ether oxygens (including phenoxy) is 1. The molecule has 7 rings (SSSR count). The second kappa shape index (κ2) is 35.0. The van der Waals surface area contributed by atoms with Crippen LogP contribution >= 0.6 is 0 Å². The molecule has 2 N–H and O–H groups in total. The van der Waals surface area contributed by atoms with Crippen molar-refractivity contribution in [2.45, 2.75) is 52.1 Å². The Morgan fingerprint density at radius 3 is 1.16 bits per heavy atom. The number of piperidine rings is 1. The van der Waals surface area contributed by atoms with E-state index in [4.69, 9.17) is 4.74 Å². The van der Waals surface area contributed by atoms with Gasteiger partial charge in [-0.2, -0.15) is 13.2 Å². The Kier molecular flexibility index (Phi) is 32.6. The lowest BCUT2D eigenvalue weighted by molar-refractivity contribution is -0.137. The maximum Gasteiger partial charge on any atom is 0.416 e. The zero-order chi connectivity index (χ0) is 46.2. The molecule has 0 saturated carbocycles. The molecular weight excluding hydrogens is 802 g/mol. The van der Waals surface area contributed by atoms with Crippen LogP contribution in [0.15, 0.2) is 42.5 Å². The third kappa shape index (κ3) is 31.5. The van der Waals surface area contributed by atoms with E-state index in [0.29, 0.717) is 5.56 Å². The van der Waals surface area contributed by atoms with Crippen LogP contribution in [0.2, 0.25) is 0 Å². The predicted octanol–water partition coefficient (Wildman–Crippen LogP) is 5.96. The molecule has 0 radical (unpaired) electrons. The maximum absolute atomic E-state index is 12.2. The highest BCUT2D eigenvalue weighted by atomic mass is 19.4. The van der Waals surface area contributed by atoms with Crippen molar-refractivity contribution in [3.63, 3.8) is 0 Å². The van der Waals surface area contributed by atoms with E-state index in [2.05, 4.69) is 80.2 Å². The Morgan fingerprint density at radius 1 is 0.484 bits per heavy atom. The van der Waals surface area contributed by atoms with Crippen molar-refractivity contribution in [2.75, 3.05) is 180 Å². The van der Waals surface area contributed by atoms with E-state index in [-0.39, 0.29) is 0 Å². The van der Waals surface area contributed by atoms with Crippen LogP contribution in [0.25, 0.3) is 0 Å². The molecule has 0 amide bonds. The minimum absolute atomic E-state index is 0.521. The molecule has 15 heteroatoms. The van der Waals surface area contributed by atoms with Crippen molar-refractivity contribution in [1.29, 1.82) is 0 Å². The van der Waals surface area contributed by atoms with Crippen LogP contribution in [0, 0.1) is 25.5 Å². The lowest BCUT2D eigenvalue weighted by Crippen LogP contribution is -2.46. The number of morpholine rings is 1. The van der Waals surface area contributed by atoms with E-state index < -0.39 is 23.4 Å². The Labute approximate surface area is 374 Å². The molecule has 2 aromatic rings. The summed E-state index contributed by atoms with van der Waals surface area (Å²) < 4.78 is 65.4. The summed E-state index contributed by atoms with van der Waals surface area (Å²) >= 11 is 0. The molecule has 5 heterocycles. The van der Waals surface area contributed by atoms with Crippen molar-refractivity contribution in [2.24, 2.45) is 0 Å². The normalized spacial score (nSPS) is 19.6. The van der Waals surface area contributed by atoms with Crippen LogP contribution < -0.4 is 10.6 Å². The highest BCUT2D eigenvalue weighted by molar-refractivity contribution is 5.23. The molecule has 5 aliphatic heterocycles. The smallest absolute Gasteiger partial charge is 0.379 e. The quantitative estimate of drug-likeness (QED) is 0.341. The lowest BCUT2D eigenvalue weighted by atomic mass is 10.1. The molecule has 5 aliphatic rings. The number of hydrogen-bond donors (Lipinski definition) is 2. The first-order chi connectivity index (χ1) is 29.5. The Hall–Kier alpha value is -2.31. The van der Waals surface area contributed by atoms with E-state index in [1.165, 1.54) is 141 Å². The number of likely N-dealkylation sites (N-methyl/N-ethyl adjacent to an activating group) is 5. The largest absolute Gasteiger partial charge is 0.416 e. The fraction of sp³-hybridized carbons (Fsp3) is 0.745. The topological polar surface area (TPSA) is 56.0 Å². The van der Waals surface area contributed by atoms with E-state index in [1.807, 2.05) is 14.1 Å². The van der Waals surface area contributed by atoms with Crippen molar-refractivity contribution < 1.29 is 26.7 Å². The number of alkyl halides is 3. The van der Waals surface area contributed by atoms with Gasteiger partial charge >= 0.3 is 6.18 Å². The summed E-state index contributed by atoms with van der Waals surface area (Å²) in [6, 6.07) is 8.47. The molecule has 2 aromatic carbocycles. The molecule has 5 saturated heterocycles. The summed E-state index contributed by atoms with van der Waals surface area (Å²) in [5, 5.41) is 6.30. The molecule has 0 unspecified atom stereocenters. The van der Waals surface area contributed by atoms with Gasteiger partial charge in [0.05, 0.1) is 18.8 Å². The van der Waals surface area contributed by atoms with Crippen LogP contribution in [-0.4, -0.2) is 215 Å². The van der Waals surface area contributed by atoms with Gasteiger partial charge in [0.15, 0.2) is 0 Å². The zero-order valence-electron chi connectivity index (χ0n) is 40.1. The lowest BCUT2D eigenvalue weighted by Gasteiger charge is -2.32. The van der Waals surface area contributed by atoms with Crippen molar-refractivity contribution in [1.82, 2.24) is 44.9 Å². The second-order valence-electron chi connectivity index (χ2n) is 17.1. The maximum atomic E-state index is 12.2. The molecule has 10 nitrogen and oxygen atoms in total. The fourth-order valence-electron chi connectivity index (χ4n) is 6.70. The van der Waals surface area contributed by atoms with Crippen LogP contribution in [0.5, 0.6) is 0 Å². The Balaban J connectivity index is 0.000000365. The van der Waals surface area contributed by atoms with Crippen LogP contribution in [0.4, 0.5) is 22.0 Å². The summed E-state index contributed by atoms with van der Waals surface area (Å²) in [5.41, 5.74) is 0.841. The van der Waals surface area contributed by atoms with Crippen molar-refractivity contribution >= 4 is 0 Å². The molecule has 62 heavy (non-hydrogen) atoms. The number of halogens is 5. The van der Waals surface area contributed by atoms with Crippen LogP contribution in [-0.2, 0) is 10.9 Å². The molecule has 0 aromatic heterocycles. The van der Waals surface area contributed by atoms with Gasteiger partial charge in [-0.05, 0) is 145 Å². The molecule has 5 fully saturated rings. The van der Waals surface area contributed by atoms with Gasteiger partial charge in [0, 0.05) is 97.7 Å². The Morgan fingerprint density at radius 2 is 0.839 bits per heavy atom. The van der Waals surface area contributed by atoms with Gasteiger partial charge in [0.2, 0.25) is 0 Å². The highest BCUT2D eigenvalue weighted by Crippen LogP contribution is 2.28. The van der Waals surface area contributed by atoms with E-state index in [0.717, 1.165) is 69.7 Å². The highest BCUT2D eigenvalue weighted by Gasteiger charge is 2.29.